The molecular formula is C17H19NO2S. The zero-order chi connectivity index (χ0) is 15.4. The van der Waals surface area contributed by atoms with Gasteiger partial charge in [-0.15, -0.1) is 0 Å². The lowest BCUT2D eigenvalue weighted by atomic mass is 10.1. The minimum atomic E-state index is 0.0119. The maximum absolute atomic E-state index is 11.6. The molecule has 0 spiro atoms. The molecular weight excluding hydrogens is 282 g/mol. The Hall–Kier alpha value is -1.94. The molecule has 0 aliphatic carbocycles. The van der Waals surface area contributed by atoms with Crippen molar-refractivity contribution in [1.29, 1.82) is 0 Å². The average Bonchev–Trinajstić information content (AvgIpc) is 2.45. The maximum atomic E-state index is 11.6. The summed E-state index contributed by atoms with van der Waals surface area (Å²) < 4.78 is 5.82. The van der Waals surface area contributed by atoms with Gasteiger partial charge in [-0.1, -0.05) is 6.07 Å². The van der Waals surface area contributed by atoms with E-state index in [1.807, 2.05) is 42.5 Å². The van der Waals surface area contributed by atoms with E-state index in [9.17, 15) is 4.79 Å². The van der Waals surface area contributed by atoms with Crippen LogP contribution in [0.4, 0.5) is 4.79 Å². The quantitative estimate of drug-likeness (QED) is 0.757. The van der Waals surface area contributed by atoms with Crippen LogP contribution in [0.1, 0.15) is 11.1 Å². The first-order chi connectivity index (χ1) is 9.95. The molecule has 0 aliphatic heterocycles. The number of carbonyl (C=O) groups excluding carboxylic acids is 1. The molecule has 2 rings (SSSR count). The van der Waals surface area contributed by atoms with Crippen molar-refractivity contribution in [2.24, 2.45) is 0 Å². The summed E-state index contributed by atoms with van der Waals surface area (Å²) in [7, 11) is 3.49. The van der Waals surface area contributed by atoms with E-state index in [-0.39, 0.29) is 5.24 Å². The number of hydrogen-bond donors (Lipinski definition) is 0. The van der Waals surface area contributed by atoms with Crippen molar-refractivity contribution >= 4 is 17.0 Å². The molecule has 0 radical (unpaired) electrons. The van der Waals surface area contributed by atoms with Crippen molar-refractivity contribution in [3.8, 4) is 11.5 Å². The van der Waals surface area contributed by atoms with E-state index >= 15 is 0 Å². The van der Waals surface area contributed by atoms with Crippen LogP contribution in [-0.4, -0.2) is 24.2 Å². The molecule has 0 unspecified atom stereocenters. The molecule has 1 amide bonds. The third-order valence-corrected chi connectivity index (χ3v) is 4.16. The predicted molar refractivity (Wildman–Crippen MR) is 87.4 cm³/mol. The van der Waals surface area contributed by atoms with Gasteiger partial charge in [-0.2, -0.15) is 0 Å². The number of thioether (sulfide) groups is 1. The Labute approximate surface area is 129 Å². The number of benzene rings is 2. The second-order valence-electron chi connectivity index (χ2n) is 5.08. The summed E-state index contributed by atoms with van der Waals surface area (Å²) in [6.45, 7) is 4.14. The smallest absolute Gasteiger partial charge is 0.285 e. The van der Waals surface area contributed by atoms with Crippen molar-refractivity contribution < 1.29 is 9.53 Å². The topological polar surface area (TPSA) is 29.5 Å². The summed E-state index contributed by atoms with van der Waals surface area (Å²) in [6.07, 6.45) is 0. The monoisotopic (exact) mass is 301 g/mol. The SMILES string of the molecule is Cc1ccc(Oc2ccc(SC(=O)N(C)C)cc2)cc1C. The first-order valence-corrected chi connectivity index (χ1v) is 7.51. The Bertz CT molecular complexity index is 636. The molecule has 4 heteroatoms. The molecule has 0 saturated heterocycles. The highest BCUT2D eigenvalue weighted by Crippen LogP contribution is 2.27. The van der Waals surface area contributed by atoms with Gasteiger partial charge in [0.15, 0.2) is 0 Å². The van der Waals surface area contributed by atoms with Crippen LogP contribution in [0, 0.1) is 13.8 Å². The first-order valence-electron chi connectivity index (χ1n) is 6.70. The van der Waals surface area contributed by atoms with Crippen LogP contribution in [-0.2, 0) is 0 Å². The Balaban J connectivity index is 2.05. The molecule has 0 aliphatic rings. The summed E-state index contributed by atoms with van der Waals surface area (Å²) in [4.78, 5) is 14.1. The number of rotatable bonds is 3. The van der Waals surface area contributed by atoms with E-state index in [0.29, 0.717) is 0 Å². The van der Waals surface area contributed by atoms with Gasteiger partial charge in [0, 0.05) is 19.0 Å². The number of nitrogens with zero attached hydrogens (tertiary/aromatic N) is 1. The van der Waals surface area contributed by atoms with E-state index < -0.39 is 0 Å². The molecule has 3 nitrogen and oxygen atoms in total. The van der Waals surface area contributed by atoms with Crippen molar-refractivity contribution in [1.82, 2.24) is 4.90 Å². The van der Waals surface area contributed by atoms with E-state index in [2.05, 4.69) is 13.8 Å². The Morgan fingerprint density at radius 3 is 2.14 bits per heavy atom. The fraction of sp³-hybridized carbons (Fsp3) is 0.235. The molecule has 110 valence electrons. The predicted octanol–water partition coefficient (Wildman–Crippen LogP) is 4.87. The number of carbonyl (C=O) groups is 1. The van der Waals surface area contributed by atoms with Gasteiger partial charge in [0.25, 0.3) is 5.24 Å². The molecule has 0 bridgehead atoms. The van der Waals surface area contributed by atoms with Gasteiger partial charge in [-0.3, -0.25) is 4.79 Å². The third-order valence-electron chi connectivity index (χ3n) is 3.11. The standard InChI is InChI=1S/C17H19NO2S/c1-12-5-6-15(11-13(12)2)20-14-7-9-16(10-8-14)21-17(19)18(3)4/h5-11H,1-4H3. The molecule has 0 heterocycles. The Morgan fingerprint density at radius 2 is 1.57 bits per heavy atom. The van der Waals surface area contributed by atoms with Crippen molar-refractivity contribution in [3.05, 3.63) is 53.6 Å². The zero-order valence-corrected chi connectivity index (χ0v) is 13.5. The summed E-state index contributed by atoms with van der Waals surface area (Å²) in [5, 5.41) is 0.0119. The molecule has 0 atom stereocenters. The minimum Gasteiger partial charge on any atom is -0.457 e. The van der Waals surface area contributed by atoms with E-state index in [1.54, 1.807) is 19.0 Å². The highest BCUT2D eigenvalue weighted by atomic mass is 32.2. The van der Waals surface area contributed by atoms with Gasteiger partial charge in [0.2, 0.25) is 0 Å². The highest BCUT2D eigenvalue weighted by Gasteiger charge is 2.07. The minimum absolute atomic E-state index is 0.0119. The Kier molecular flexibility index (Phi) is 4.91. The second-order valence-corrected chi connectivity index (χ2v) is 6.11. The largest absolute Gasteiger partial charge is 0.457 e. The molecule has 0 aromatic heterocycles. The lowest BCUT2D eigenvalue weighted by molar-refractivity contribution is 0.241. The fourth-order valence-electron chi connectivity index (χ4n) is 1.68. The van der Waals surface area contributed by atoms with Crippen molar-refractivity contribution in [2.75, 3.05) is 14.1 Å². The molecule has 2 aromatic carbocycles. The van der Waals surface area contributed by atoms with E-state index in [0.717, 1.165) is 16.4 Å². The summed E-state index contributed by atoms with van der Waals surface area (Å²) in [5.74, 6) is 1.59. The lowest BCUT2D eigenvalue weighted by Crippen LogP contribution is -2.15. The van der Waals surface area contributed by atoms with Gasteiger partial charge in [0.05, 0.1) is 0 Å². The molecule has 0 fully saturated rings. The van der Waals surface area contributed by atoms with Crippen LogP contribution in [0.2, 0.25) is 0 Å². The maximum Gasteiger partial charge on any atom is 0.285 e. The van der Waals surface area contributed by atoms with Gasteiger partial charge in [-0.05, 0) is 73.1 Å². The summed E-state index contributed by atoms with van der Waals surface area (Å²) >= 11 is 1.20. The summed E-state index contributed by atoms with van der Waals surface area (Å²) in [5.41, 5.74) is 2.45. The number of ether oxygens (including phenoxy) is 1. The van der Waals surface area contributed by atoms with Crippen molar-refractivity contribution in [3.63, 3.8) is 0 Å². The molecule has 0 saturated carbocycles. The second kappa shape index (κ2) is 6.68. The van der Waals surface area contributed by atoms with Crippen LogP contribution >= 0.6 is 11.8 Å². The number of aryl methyl sites for hydroxylation is 2. The first kappa shape index (κ1) is 15.4. The zero-order valence-electron chi connectivity index (χ0n) is 12.7. The van der Waals surface area contributed by atoms with Crippen molar-refractivity contribution in [2.45, 2.75) is 18.7 Å². The number of hydrogen-bond acceptors (Lipinski definition) is 3. The van der Waals surface area contributed by atoms with Crippen LogP contribution < -0.4 is 4.74 Å². The highest BCUT2D eigenvalue weighted by molar-refractivity contribution is 8.13. The summed E-state index contributed by atoms with van der Waals surface area (Å²) in [6, 6.07) is 13.6. The lowest BCUT2D eigenvalue weighted by Gasteiger charge is -2.10. The third kappa shape index (κ3) is 4.26. The van der Waals surface area contributed by atoms with Crippen LogP contribution in [0.15, 0.2) is 47.4 Å². The van der Waals surface area contributed by atoms with Gasteiger partial charge >= 0.3 is 0 Å². The average molecular weight is 301 g/mol. The van der Waals surface area contributed by atoms with Gasteiger partial charge in [-0.25, -0.2) is 0 Å². The molecule has 2 aromatic rings. The molecule has 0 N–H and O–H groups in total. The fourth-order valence-corrected chi connectivity index (χ4v) is 2.34. The van der Waals surface area contributed by atoms with Crippen LogP contribution in [0.3, 0.4) is 0 Å². The Morgan fingerprint density at radius 1 is 0.952 bits per heavy atom. The van der Waals surface area contributed by atoms with Gasteiger partial charge < -0.3 is 9.64 Å². The van der Waals surface area contributed by atoms with E-state index in [1.165, 1.54) is 22.9 Å². The van der Waals surface area contributed by atoms with Gasteiger partial charge in [0.1, 0.15) is 11.5 Å². The van der Waals surface area contributed by atoms with Crippen LogP contribution in [0.25, 0.3) is 0 Å². The van der Waals surface area contributed by atoms with Crippen LogP contribution in [0.5, 0.6) is 11.5 Å². The normalized spacial score (nSPS) is 10.3. The van der Waals surface area contributed by atoms with E-state index in [4.69, 9.17) is 4.74 Å². The number of amides is 1. The molecule has 21 heavy (non-hydrogen) atoms.